The summed E-state index contributed by atoms with van der Waals surface area (Å²) in [4.78, 5) is 11.5. The number of hydrogen-bond acceptors (Lipinski definition) is 4. The number of rotatable bonds is 7. The zero-order valence-electron chi connectivity index (χ0n) is 16.5. The molecular weight excluding hydrogens is 350 g/mol. The van der Waals surface area contributed by atoms with Gasteiger partial charge in [-0.25, -0.2) is 0 Å². The molecule has 3 aromatic carbocycles. The first-order valence-corrected chi connectivity index (χ1v) is 9.32. The molecule has 3 aromatic rings. The summed E-state index contributed by atoms with van der Waals surface area (Å²) in [7, 11) is 0. The van der Waals surface area contributed by atoms with Crippen molar-refractivity contribution in [2.75, 3.05) is 10.6 Å². The average Bonchev–Trinajstić information content (AvgIpc) is 2.69. The summed E-state index contributed by atoms with van der Waals surface area (Å²) in [5, 5.41) is 18.6. The molecule has 0 bridgehead atoms. The summed E-state index contributed by atoms with van der Waals surface area (Å²) >= 11 is 0. The maximum Gasteiger partial charge on any atom is 0.279 e. The largest absolute Gasteiger partial charge is 0.380 e. The second kappa shape index (κ2) is 8.57. The van der Waals surface area contributed by atoms with Crippen molar-refractivity contribution in [1.82, 2.24) is 0 Å². The van der Waals surface area contributed by atoms with Crippen LogP contribution in [0.15, 0.2) is 60.7 Å². The fourth-order valence-corrected chi connectivity index (χ4v) is 3.58. The van der Waals surface area contributed by atoms with E-state index in [1.54, 1.807) is 0 Å². The summed E-state index contributed by atoms with van der Waals surface area (Å²) in [6, 6.07) is 20.0. The van der Waals surface area contributed by atoms with Crippen LogP contribution >= 0.6 is 0 Å². The molecule has 0 aliphatic heterocycles. The number of nitrogens with zero attached hydrogens (tertiary/aromatic N) is 1. The van der Waals surface area contributed by atoms with Crippen molar-refractivity contribution in [2.45, 2.75) is 33.9 Å². The molecule has 0 saturated heterocycles. The third-order valence-electron chi connectivity index (χ3n) is 5.02. The van der Waals surface area contributed by atoms with Gasteiger partial charge in [-0.2, -0.15) is 0 Å². The lowest BCUT2D eigenvalue weighted by Gasteiger charge is -2.20. The van der Waals surface area contributed by atoms with Crippen LogP contribution < -0.4 is 10.6 Å². The average molecular weight is 375 g/mol. The predicted molar refractivity (Wildman–Crippen MR) is 115 cm³/mol. The molecule has 144 valence electrons. The Kier molecular flexibility index (Phi) is 5.94. The van der Waals surface area contributed by atoms with Gasteiger partial charge in [-0.15, -0.1) is 0 Å². The monoisotopic (exact) mass is 375 g/mol. The quantitative estimate of drug-likeness (QED) is 0.408. The van der Waals surface area contributed by atoms with Gasteiger partial charge in [0.2, 0.25) is 0 Å². The van der Waals surface area contributed by atoms with E-state index in [0.717, 1.165) is 28.1 Å². The Hall–Kier alpha value is -3.34. The first-order valence-electron chi connectivity index (χ1n) is 9.32. The van der Waals surface area contributed by atoms with Crippen molar-refractivity contribution in [3.8, 4) is 0 Å². The molecular formula is C23H25N3O2. The molecule has 0 atom stereocenters. The van der Waals surface area contributed by atoms with Gasteiger partial charge >= 0.3 is 0 Å². The van der Waals surface area contributed by atoms with Crippen LogP contribution in [0.3, 0.4) is 0 Å². The minimum absolute atomic E-state index is 0.164. The van der Waals surface area contributed by atoms with Gasteiger partial charge < -0.3 is 10.6 Å². The standard InChI is InChI=1S/C23H25N3O2/c1-16-21(24-14-19-10-6-4-7-11-19)17(2)23(26(27)28)18(3)22(16)25-15-20-12-8-5-9-13-20/h4-13,24-25H,14-15H2,1-3H3. The van der Waals surface area contributed by atoms with Crippen LogP contribution in [0.25, 0.3) is 0 Å². The first-order chi connectivity index (χ1) is 13.5. The van der Waals surface area contributed by atoms with Crippen LogP contribution in [-0.4, -0.2) is 4.92 Å². The number of nitro groups is 1. The van der Waals surface area contributed by atoms with Crippen molar-refractivity contribution in [1.29, 1.82) is 0 Å². The van der Waals surface area contributed by atoms with E-state index in [-0.39, 0.29) is 10.6 Å². The molecule has 0 spiro atoms. The highest BCUT2D eigenvalue weighted by Gasteiger charge is 2.24. The normalized spacial score (nSPS) is 10.5. The lowest BCUT2D eigenvalue weighted by Crippen LogP contribution is -2.11. The molecule has 0 heterocycles. The molecule has 0 aliphatic rings. The van der Waals surface area contributed by atoms with E-state index < -0.39 is 0 Å². The fourth-order valence-electron chi connectivity index (χ4n) is 3.58. The van der Waals surface area contributed by atoms with Gasteiger partial charge in [-0.3, -0.25) is 10.1 Å². The SMILES string of the molecule is Cc1c(NCc2ccccc2)c(C)c([N+](=O)[O-])c(C)c1NCc1ccccc1. The zero-order valence-corrected chi connectivity index (χ0v) is 16.5. The number of anilines is 2. The molecule has 0 saturated carbocycles. The Balaban J connectivity index is 1.96. The van der Waals surface area contributed by atoms with Crippen LogP contribution in [0.5, 0.6) is 0 Å². The Labute approximate surface area is 165 Å². The Morgan fingerprint density at radius 2 is 1.11 bits per heavy atom. The molecule has 5 heteroatoms. The highest BCUT2D eigenvalue weighted by atomic mass is 16.6. The van der Waals surface area contributed by atoms with Crippen LogP contribution in [-0.2, 0) is 13.1 Å². The maximum atomic E-state index is 11.8. The minimum atomic E-state index is -0.286. The molecule has 0 radical (unpaired) electrons. The number of benzene rings is 3. The molecule has 0 aromatic heterocycles. The Bertz CT molecular complexity index is 900. The van der Waals surface area contributed by atoms with E-state index in [2.05, 4.69) is 10.6 Å². The third-order valence-corrected chi connectivity index (χ3v) is 5.02. The van der Waals surface area contributed by atoms with E-state index in [1.807, 2.05) is 81.4 Å². The van der Waals surface area contributed by atoms with Crippen LogP contribution in [0.4, 0.5) is 17.1 Å². The topological polar surface area (TPSA) is 67.2 Å². The van der Waals surface area contributed by atoms with Gasteiger partial charge in [0.1, 0.15) is 0 Å². The summed E-state index contributed by atoms with van der Waals surface area (Å²) in [6.45, 7) is 6.85. The van der Waals surface area contributed by atoms with E-state index in [9.17, 15) is 10.1 Å². The van der Waals surface area contributed by atoms with Gasteiger partial charge in [-0.05, 0) is 37.5 Å². The van der Waals surface area contributed by atoms with Crippen molar-refractivity contribution < 1.29 is 4.92 Å². The molecule has 0 aliphatic carbocycles. The highest BCUT2D eigenvalue weighted by molar-refractivity contribution is 5.79. The van der Waals surface area contributed by atoms with Gasteiger partial charge in [-0.1, -0.05) is 60.7 Å². The van der Waals surface area contributed by atoms with Crippen LogP contribution in [0.2, 0.25) is 0 Å². The summed E-state index contributed by atoms with van der Waals surface area (Å²) in [5.41, 5.74) is 6.38. The summed E-state index contributed by atoms with van der Waals surface area (Å²) in [6.07, 6.45) is 0. The second-order valence-corrected chi connectivity index (χ2v) is 6.91. The smallest absolute Gasteiger partial charge is 0.279 e. The molecule has 0 unspecified atom stereocenters. The van der Waals surface area contributed by atoms with E-state index in [0.29, 0.717) is 24.2 Å². The third kappa shape index (κ3) is 4.14. The molecule has 0 amide bonds. The number of nitro benzene ring substituents is 1. The Morgan fingerprint density at radius 1 is 0.714 bits per heavy atom. The molecule has 5 nitrogen and oxygen atoms in total. The van der Waals surface area contributed by atoms with Gasteiger partial charge in [0, 0.05) is 24.5 Å². The van der Waals surface area contributed by atoms with Crippen LogP contribution in [0.1, 0.15) is 27.8 Å². The van der Waals surface area contributed by atoms with Crippen LogP contribution in [0, 0.1) is 30.9 Å². The minimum Gasteiger partial charge on any atom is -0.380 e. The van der Waals surface area contributed by atoms with Gasteiger partial charge in [0.25, 0.3) is 5.69 Å². The lowest BCUT2D eigenvalue weighted by molar-refractivity contribution is -0.385. The second-order valence-electron chi connectivity index (χ2n) is 6.91. The number of nitrogens with one attached hydrogen (secondary N) is 2. The summed E-state index contributed by atoms with van der Waals surface area (Å²) < 4.78 is 0. The Morgan fingerprint density at radius 3 is 1.46 bits per heavy atom. The van der Waals surface area contributed by atoms with Crippen molar-refractivity contribution in [3.05, 3.63) is 98.6 Å². The number of hydrogen-bond donors (Lipinski definition) is 2. The summed E-state index contributed by atoms with van der Waals surface area (Å²) in [5.74, 6) is 0. The zero-order chi connectivity index (χ0) is 20.1. The van der Waals surface area contributed by atoms with E-state index >= 15 is 0 Å². The molecule has 28 heavy (non-hydrogen) atoms. The van der Waals surface area contributed by atoms with Gasteiger partial charge in [0.05, 0.1) is 16.1 Å². The molecule has 2 N–H and O–H groups in total. The first kappa shape index (κ1) is 19.4. The van der Waals surface area contributed by atoms with Crippen molar-refractivity contribution in [3.63, 3.8) is 0 Å². The lowest BCUT2D eigenvalue weighted by atomic mass is 9.98. The van der Waals surface area contributed by atoms with Crippen molar-refractivity contribution in [2.24, 2.45) is 0 Å². The van der Waals surface area contributed by atoms with E-state index in [1.165, 1.54) is 0 Å². The maximum absolute atomic E-state index is 11.8. The predicted octanol–water partition coefficient (Wildman–Crippen LogP) is 5.74. The van der Waals surface area contributed by atoms with E-state index in [4.69, 9.17) is 0 Å². The van der Waals surface area contributed by atoms with Crippen molar-refractivity contribution >= 4 is 17.1 Å². The fraction of sp³-hybridized carbons (Fsp3) is 0.217. The highest BCUT2D eigenvalue weighted by Crippen LogP contribution is 2.39. The molecule has 3 rings (SSSR count). The van der Waals surface area contributed by atoms with Gasteiger partial charge in [0.15, 0.2) is 0 Å². The molecule has 0 fully saturated rings.